The molecule has 1 aromatic heterocycles. The van der Waals surface area contributed by atoms with Crippen LogP contribution in [-0.2, 0) is 17.6 Å². The normalized spacial score (nSPS) is 18.5. The van der Waals surface area contributed by atoms with Gasteiger partial charge in [0.1, 0.15) is 5.76 Å². The number of fused-ring (bicyclic) bond motifs is 2. The maximum absolute atomic E-state index is 12.2. The van der Waals surface area contributed by atoms with E-state index in [9.17, 15) is 4.79 Å². The van der Waals surface area contributed by atoms with Gasteiger partial charge in [-0.3, -0.25) is 4.79 Å². The average molecular weight is 280 g/mol. The first-order valence-electron chi connectivity index (χ1n) is 7.34. The second-order valence-electron chi connectivity index (χ2n) is 5.64. The summed E-state index contributed by atoms with van der Waals surface area (Å²) in [5.41, 5.74) is 4.59. The molecule has 4 nitrogen and oxygen atoms in total. The number of carbonyl (C=O) groups excluding carboxylic acids is 1. The van der Waals surface area contributed by atoms with E-state index in [1.807, 2.05) is 25.1 Å². The van der Waals surface area contributed by atoms with E-state index in [1.54, 1.807) is 6.08 Å². The van der Waals surface area contributed by atoms with Crippen LogP contribution in [0.1, 0.15) is 41.3 Å². The van der Waals surface area contributed by atoms with Crippen molar-refractivity contribution < 1.29 is 9.21 Å². The summed E-state index contributed by atoms with van der Waals surface area (Å²) in [7, 11) is 0. The highest BCUT2D eigenvalue weighted by Crippen LogP contribution is 2.35. The van der Waals surface area contributed by atoms with Crippen molar-refractivity contribution in [1.29, 1.82) is 0 Å². The van der Waals surface area contributed by atoms with Crippen molar-refractivity contribution in [2.24, 2.45) is 0 Å². The van der Waals surface area contributed by atoms with Crippen molar-refractivity contribution in [2.75, 3.05) is 5.32 Å². The van der Waals surface area contributed by atoms with Crippen molar-refractivity contribution >= 4 is 23.2 Å². The molecule has 4 rings (SSSR count). The molecule has 2 aliphatic rings. The van der Waals surface area contributed by atoms with E-state index in [0.29, 0.717) is 11.5 Å². The van der Waals surface area contributed by atoms with Crippen molar-refractivity contribution in [1.82, 2.24) is 4.98 Å². The van der Waals surface area contributed by atoms with E-state index in [2.05, 4.69) is 10.3 Å². The second kappa shape index (κ2) is 4.58. The Morgan fingerprint density at radius 3 is 3.00 bits per heavy atom. The third-order valence-electron chi connectivity index (χ3n) is 4.16. The van der Waals surface area contributed by atoms with Crippen LogP contribution in [0, 0.1) is 6.92 Å². The van der Waals surface area contributed by atoms with Gasteiger partial charge >= 0.3 is 0 Å². The number of hydrogen-bond acceptors (Lipinski definition) is 3. The fourth-order valence-corrected chi connectivity index (χ4v) is 3.13. The van der Waals surface area contributed by atoms with Crippen LogP contribution < -0.4 is 5.32 Å². The largest absolute Gasteiger partial charge is 0.441 e. The van der Waals surface area contributed by atoms with Gasteiger partial charge in [0.15, 0.2) is 0 Å². The SMILES string of the molecule is Cc1cccc2c1C(=Cc1nc3c(o1)CCCC3)C(=O)N2. The first-order chi connectivity index (χ1) is 10.2. The van der Waals surface area contributed by atoms with Gasteiger partial charge in [-0.25, -0.2) is 4.98 Å². The standard InChI is InChI=1S/C17H16N2O2/c1-10-5-4-7-13-16(10)11(17(20)19-13)9-15-18-12-6-2-3-8-14(12)21-15/h4-5,7,9H,2-3,6,8H2,1H3,(H,19,20). The Morgan fingerprint density at radius 1 is 1.29 bits per heavy atom. The van der Waals surface area contributed by atoms with Crippen LogP contribution >= 0.6 is 0 Å². The molecule has 0 spiro atoms. The van der Waals surface area contributed by atoms with E-state index in [4.69, 9.17) is 4.42 Å². The predicted molar refractivity (Wildman–Crippen MR) is 80.8 cm³/mol. The predicted octanol–water partition coefficient (Wildman–Crippen LogP) is 3.35. The van der Waals surface area contributed by atoms with Crippen LogP contribution in [0.5, 0.6) is 0 Å². The monoisotopic (exact) mass is 280 g/mol. The summed E-state index contributed by atoms with van der Waals surface area (Å²) >= 11 is 0. The van der Waals surface area contributed by atoms with Gasteiger partial charge in [0, 0.05) is 23.7 Å². The molecule has 0 unspecified atom stereocenters. The summed E-state index contributed by atoms with van der Waals surface area (Å²) in [6.07, 6.45) is 6.02. The molecule has 21 heavy (non-hydrogen) atoms. The van der Waals surface area contributed by atoms with E-state index < -0.39 is 0 Å². The highest BCUT2D eigenvalue weighted by molar-refractivity contribution is 6.35. The van der Waals surface area contributed by atoms with Gasteiger partial charge < -0.3 is 9.73 Å². The molecular formula is C17H16N2O2. The van der Waals surface area contributed by atoms with Gasteiger partial charge in [-0.2, -0.15) is 0 Å². The zero-order valence-electron chi connectivity index (χ0n) is 11.9. The van der Waals surface area contributed by atoms with Gasteiger partial charge in [-0.05, 0) is 37.8 Å². The van der Waals surface area contributed by atoms with Gasteiger partial charge in [0.2, 0.25) is 5.89 Å². The van der Waals surface area contributed by atoms with Crippen molar-refractivity contribution in [3.8, 4) is 0 Å². The topological polar surface area (TPSA) is 55.1 Å². The van der Waals surface area contributed by atoms with E-state index in [0.717, 1.165) is 54.0 Å². The van der Waals surface area contributed by atoms with Crippen LogP contribution in [0.25, 0.3) is 11.6 Å². The molecule has 0 fully saturated rings. The number of carbonyl (C=O) groups is 1. The number of aromatic nitrogens is 1. The fraction of sp³-hybridized carbons (Fsp3) is 0.294. The molecule has 1 aromatic carbocycles. The Morgan fingerprint density at radius 2 is 2.14 bits per heavy atom. The number of nitrogens with one attached hydrogen (secondary N) is 1. The summed E-state index contributed by atoms with van der Waals surface area (Å²) in [6.45, 7) is 2.01. The van der Waals surface area contributed by atoms with Crippen LogP contribution in [-0.4, -0.2) is 10.9 Å². The molecule has 4 heteroatoms. The van der Waals surface area contributed by atoms with Crippen molar-refractivity contribution in [2.45, 2.75) is 32.6 Å². The zero-order valence-corrected chi connectivity index (χ0v) is 11.9. The molecule has 1 aliphatic carbocycles. The molecule has 1 amide bonds. The smallest absolute Gasteiger partial charge is 0.256 e. The lowest BCUT2D eigenvalue weighted by Crippen LogP contribution is -2.03. The maximum atomic E-state index is 12.2. The van der Waals surface area contributed by atoms with Crippen LogP contribution in [0.15, 0.2) is 22.6 Å². The lowest BCUT2D eigenvalue weighted by Gasteiger charge is -2.05. The number of hydrogen-bond donors (Lipinski definition) is 1. The summed E-state index contributed by atoms with van der Waals surface area (Å²) in [5, 5.41) is 2.89. The molecule has 0 atom stereocenters. The molecule has 0 radical (unpaired) electrons. The molecular weight excluding hydrogens is 264 g/mol. The van der Waals surface area contributed by atoms with Gasteiger partial charge in [0.05, 0.1) is 11.3 Å². The number of nitrogens with zero attached hydrogens (tertiary/aromatic N) is 1. The molecule has 1 N–H and O–H groups in total. The Kier molecular flexibility index (Phi) is 2.70. The van der Waals surface area contributed by atoms with E-state index >= 15 is 0 Å². The quantitative estimate of drug-likeness (QED) is 0.815. The zero-order chi connectivity index (χ0) is 14.4. The molecule has 2 aromatic rings. The number of aryl methyl sites for hydroxylation is 3. The minimum Gasteiger partial charge on any atom is -0.441 e. The number of benzene rings is 1. The first-order valence-corrected chi connectivity index (χ1v) is 7.34. The van der Waals surface area contributed by atoms with Crippen LogP contribution in [0.4, 0.5) is 5.69 Å². The van der Waals surface area contributed by atoms with Gasteiger partial charge in [0.25, 0.3) is 5.91 Å². The van der Waals surface area contributed by atoms with Crippen molar-refractivity contribution in [3.05, 3.63) is 46.7 Å². The lowest BCUT2D eigenvalue weighted by atomic mass is 10.0. The molecule has 2 heterocycles. The third-order valence-corrected chi connectivity index (χ3v) is 4.16. The summed E-state index contributed by atoms with van der Waals surface area (Å²) < 4.78 is 5.80. The fourth-order valence-electron chi connectivity index (χ4n) is 3.13. The lowest BCUT2D eigenvalue weighted by molar-refractivity contribution is -0.110. The van der Waals surface area contributed by atoms with Gasteiger partial charge in [-0.15, -0.1) is 0 Å². The number of rotatable bonds is 1. The third kappa shape index (κ3) is 1.98. The van der Waals surface area contributed by atoms with Crippen LogP contribution in [0.3, 0.4) is 0 Å². The molecule has 0 bridgehead atoms. The van der Waals surface area contributed by atoms with Crippen molar-refractivity contribution in [3.63, 3.8) is 0 Å². The minimum absolute atomic E-state index is 0.0875. The summed E-state index contributed by atoms with van der Waals surface area (Å²) in [4.78, 5) is 16.7. The molecule has 0 saturated heterocycles. The van der Waals surface area contributed by atoms with Gasteiger partial charge in [-0.1, -0.05) is 12.1 Å². The molecule has 1 aliphatic heterocycles. The maximum Gasteiger partial charge on any atom is 0.256 e. The second-order valence-corrected chi connectivity index (χ2v) is 5.64. The highest BCUT2D eigenvalue weighted by Gasteiger charge is 2.26. The van der Waals surface area contributed by atoms with E-state index in [-0.39, 0.29) is 5.91 Å². The van der Waals surface area contributed by atoms with Crippen LogP contribution in [0.2, 0.25) is 0 Å². The molecule has 106 valence electrons. The highest BCUT2D eigenvalue weighted by atomic mass is 16.4. The minimum atomic E-state index is -0.0875. The number of amides is 1. The number of oxazole rings is 1. The Balaban J connectivity index is 1.80. The summed E-state index contributed by atoms with van der Waals surface area (Å²) in [5.74, 6) is 1.44. The average Bonchev–Trinajstić information content (AvgIpc) is 3.01. The Hall–Kier alpha value is -2.36. The Labute approximate surface area is 122 Å². The first kappa shape index (κ1) is 12.4. The van der Waals surface area contributed by atoms with E-state index in [1.165, 1.54) is 0 Å². The Bertz CT molecular complexity index is 748. The molecule has 0 saturated carbocycles. The number of anilines is 1. The summed E-state index contributed by atoms with van der Waals surface area (Å²) in [6, 6.07) is 5.87.